The van der Waals surface area contributed by atoms with E-state index in [9.17, 15) is 15.0 Å². The summed E-state index contributed by atoms with van der Waals surface area (Å²) in [4.78, 5) is 16.5. The molecule has 0 bridgehead atoms. The highest BCUT2D eigenvalue weighted by Crippen LogP contribution is 2.37. The number of carbonyl (C=O) groups excluding carboxylic acids is 1. The summed E-state index contributed by atoms with van der Waals surface area (Å²) in [7, 11) is 0. The molecule has 0 spiro atoms. The van der Waals surface area contributed by atoms with Crippen molar-refractivity contribution in [2.45, 2.75) is 13.3 Å². The Morgan fingerprint density at radius 3 is 2.50 bits per heavy atom. The molecule has 0 unspecified atom stereocenters. The van der Waals surface area contributed by atoms with Gasteiger partial charge in [0.1, 0.15) is 17.2 Å². The monoisotopic (exact) mass is 319 g/mol. The van der Waals surface area contributed by atoms with Gasteiger partial charge < -0.3 is 10.2 Å². The van der Waals surface area contributed by atoms with E-state index in [0.717, 1.165) is 5.57 Å². The number of fused-ring (bicyclic) bond motifs is 1. The molecule has 3 rings (SSSR count). The second kappa shape index (κ2) is 6.16. The summed E-state index contributed by atoms with van der Waals surface area (Å²) in [6, 6.07) is 6.76. The average Bonchev–Trinajstić information content (AvgIpc) is 2.88. The predicted molar refractivity (Wildman–Crippen MR) is 95.1 cm³/mol. The SMILES string of the molecule is C=N/C(C1=C(O)c2ccccc2C1=O)=C(O)\C(C)=C1\C=CC=CC1. The second-order valence-electron chi connectivity index (χ2n) is 5.60. The van der Waals surface area contributed by atoms with Crippen LogP contribution in [0.3, 0.4) is 0 Å². The summed E-state index contributed by atoms with van der Waals surface area (Å²) in [5.74, 6) is -0.696. The van der Waals surface area contributed by atoms with Gasteiger partial charge in [0.2, 0.25) is 0 Å². The lowest BCUT2D eigenvalue weighted by Crippen LogP contribution is -2.05. The number of rotatable bonds is 3. The van der Waals surface area contributed by atoms with Crippen LogP contribution in [0.1, 0.15) is 29.3 Å². The Bertz CT molecular complexity index is 895. The molecular weight excluding hydrogens is 302 g/mol. The Hall–Kier alpha value is -3.14. The number of aliphatic hydroxyl groups is 2. The van der Waals surface area contributed by atoms with Gasteiger partial charge in [-0.2, -0.15) is 0 Å². The number of carbonyl (C=O) groups is 1. The van der Waals surface area contributed by atoms with Gasteiger partial charge >= 0.3 is 0 Å². The van der Waals surface area contributed by atoms with Crippen LogP contribution in [0, 0.1) is 0 Å². The van der Waals surface area contributed by atoms with Gasteiger partial charge in [0.15, 0.2) is 5.78 Å². The summed E-state index contributed by atoms with van der Waals surface area (Å²) in [5.41, 5.74) is 2.34. The van der Waals surface area contributed by atoms with Crippen LogP contribution in [0.25, 0.3) is 5.76 Å². The maximum atomic E-state index is 12.6. The molecule has 0 saturated heterocycles. The Balaban J connectivity index is 2.15. The fourth-order valence-corrected chi connectivity index (χ4v) is 2.88. The summed E-state index contributed by atoms with van der Waals surface area (Å²) >= 11 is 0. The highest BCUT2D eigenvalue weighted by Gasteiger charge is 2.33. The third kappa shape index (κ3) is 2.42. The lowest BCUT2D eigenvalue weighted by molar-refractivity contribution is 0.103. The first kappa shape index (κ1) is 15.7. The number of hydrogen-bond acceptors (Lipinski definition) is 4. The van der Waals surface area contributed by atoms with Crippen molar-refractivity contribution in [3.05, 3.63) is 87.9 Å². The van der Waals surface area contributed by atoms with Crippen LogP contribution in [0.5, 0.6) is 0 Å². The lowest BCUT2D eigenvalue weighted by atomic mass is 9.98. The van der Waals surface area contributed by atoms with E-state index in [0.29, 0.717) is 23.1 Å². The van der Waals surface area contributed by atoms with Gasteiger partial charge in [-0.25, -0.2) is 0 Å². The van der Waals surface area contributed by atoms with E-state index in [-0.39, 0.29) is 28.6 Å². The van der Waals surface area contributed by atoms with E-state index >= 15 is 0 Å². The van der Waals surface area contributed by atoms with Crippen LogP contribution in [-0.2, 0) is 0 Å². The molecule has 0 heterocycles. The van der Waals surface area contributed by atoms with Gasteiger partial charge in [0.05, 0.1) is 5.57 Å². The van der Waals surface area contributed by atoms with E-state index in [2.05, 4.69) is 11.7 Å². The van der Waals surface area contributed by atoms with Gasteiger partial charge in [-0.3, -0.25) is 9.79 Å². The Labute approximate surface area is 140 Å². The number of nitrogens with zero attached hydrogens (tertiary/aromatic N) is 1. The number of allylic oxidation sites excluding steroid dienone is 7. The van der Waals surface area contributed by atoms with Crippen molar-refractivity contribution in [2.75, 3.05) is 0 Å². The van der Waals surface area contributed by atoms with Crippen molar-refractivity contribution in [2.24, 2.45) is 4.99 Å². The number of benzene rings is 1. The summed E-state index contributed by atoms with van der Waals surface area (Å²) in [5, 5.41) is 21.1. The smallest absolute Gasteiger partial charge is 0.199 e. The van der Waals surface area contributed by atoms with Crippen LogP contribution in [0.2, 0.25) is 0 Å². The lowest BCUT2D eigenvalue weighted by Gasteiger charge is -2.12. The minimum atomic E-state index is -0.367. The third-order valence-corrected chi connectivity index (χ3v) is 4.23. The molecule has 0 aromatic heterocycles. The molecule has 0 atom stereocenters. The van der Waals surface area contributed by atoms with Crippen LogP contribution >= 0.6 is 0 Å². The van der Waals surface area contributed by atoms with Gasteiger partial charge in [-0.05, 0) is 31.2 Å². The molecule has 0 fully saturated rings. The van der Waals surface area contributed by atoms with Crippen LogP contribution in [0.4, 0.5) is 0 Å². The van der Waals surface area contributed by atoms with Crippen molar-refractivity contribution in [3.63, 3.8) is 0 Å². The van der Waals surface area contributed by atoms with Crippen molar-refractivity contribution in [1.82, 2.24) is 0 Å². The van der Waals surface area contributed by atoms with E-state index < -0.39 is 0 Å². The second-order valence-corrected chi connectivity index (χ2v) is 5.60. The molecule has 1 aromatic rings. The van der Waals surface area contributed by atoms with E-state index in [1.807, 2.05) is 24.3 Å². The molecular formula is C20H17NO3. The summed E-state index contributed by atoms with van der Waals surface area (Å²) < 4.78 is 0. The number of Topliss-reactive ketones (excluding diaryl/α,β-unsaturated/α-hetero) is 1. The maximum absolute atomic E-state index is 12.6. The molecule has 4 heteroatoms. The maximum Gasteiger partial charge on any atom is 0.199 e. The Morgan fingerprint density at radius 2 is 1.92 bits per heavy atom. The number of aliphatic imine (C=N–C) groups is 1. The van der Waals surface area contributed by atoms with Crippen molar-refractivity contribution in [3.8, 4) is 0 Å². The minimum Gasteiger partial charge on any atom is -0.506 e. The largest absolute Gasteiger partial charge is 0.506 e. The van der Waals surface area contributed by atoms with Gasteiger partial charge in [0.25, 0.3) is 0 Å². The molecule has 0 saturated carbocycles. The Kier molecular flexibility index (Phi) is 4.04. The number of hydrogen-bond donors (Lipinski definition) is 2. The molecule has 24 heavy (non-hydrogen) atoms. The van der Waals surface area contributed by atoms with Crippen LogP contribution in [0.15, 0.2) is 81.7 Å². The van der Waals surface area contributed by atoms with Crippen LogP contribution in [-0.4, -0.2) is 22.7 Å². The van der Waals surface area contributed by atoms with Gasteiger partial charge in [-0.1, -0.05) is 48.6 Å². The molecule has 2 N–H and O–H groups in total. The fraction of sp³-hybridized carbons (Fsp3) is 0.100. The standard InChI is InChI=1S/C20H17NO3/c1-12(13-8-4-3-5-9-13)18(22)17(21-2)16-19(23)14-10-6-7-11-15(14)20(16)24/h3-8,10-11,22-23H,2,9H2,1H3/b13-12-,18-17+. The molecule has 0 aliphatic heterocycles. The molecule has 1 aromatic carbocycles. The zero-order valence-corrected chi connectivity index (χ0v) is 13.3. The normalized spacial score (nSPS) is 19.3. The summed E-state index contributed by atoms with van der Waals surface area (Å²) in [6.07, 6.45) is 8.35. The highest BCUT2D eigenvalue weighted by atomic mass is 16.3. The molecule has 2 aliphatic rings. The quantitative estimate of drug-likeness (QED) is 0.638. The van der Waals surface area contributed by atoms with E-state index in [4.69, 9.17) is 0 Å². The average molecular weight is 319 g/mol. The molecule has 0 amide bonds. The topological polar surface area (TPSA) is 69.9 Å². The zero-order chi connectivity index (χ0) is 17.3. The van der Waals surface area contributed by atoms with Crippen molar-refractivity contribution < 1.29 is 15.0 Å². The third-order valence-electron chi connectivity index (χ3n) is 4.23. The number of aliphatic hydroxyl groups excluding tert-OH is 2. The van der Waals surface area contributed by atoms with E-state index in [1.165, 1.54) is 0 Å². The minimum absolute atomic E-state index is 0.00153. The highest BCUT2D eigenvalue weighted by molar-refractivity contribution is 6.22. The molecule has 120 valence electrons. The van der Waals surface area contributed by atoms with E-state index in [1.54, 1.807) is 31.2 Å². The number of ketones is 1. The van der Waals surface area contributed by atoms with Gasteiger partial charge in [-0.15, -0.1) is 0 Å². The fourth-order valence-electron chi connectivity index (χ4n) is 2.88. The Morgan fingerprint density at radius 1 is 1.21 bits per heavy atom. The van der Waals surface area contributed by atoms with Crippen LogP contribution < -0.4 is 0 Å². The predicted octanol–water partition coefficient (Wildman–Crippen LogP) is 4.45. The van der Waals surface area contributed by atoms with Crippen molar-refractivity contribution >= 4 is 18.3 Å². The van der Waals surface area contributed by atoms with Gasteiger partial charge in [0, 0.05) is 11.1 Å². The zero-order valence-electron chi connectivity index (χ0n) is 13.3. The molecule has 2 aliphatic carbocycles. The van der Waals surface area contributed by atoms with Crippen molar-refractivity contribution in [1.29, 1.82) is 0 Å². The molecule has 4 nitrogen and oxygen atoms in total. The molecule has 0 radical (unpaired) electrons. The summed E-state index contributed by atoms with van der Waals surface area (Å²) in [6.45, 7) is 5.22. The first-order valence-corrected chi connectivity index (χ1v) is 7.57. The first-order valence-electron chi connectivity index (χ1n) is 7.57. The first-order chi connectivity index (χ1) is 11.6.